The summed E-state index contributed by atoms with van der Waals surface area (Å²) in [6.45, 7) is 7.11. The molecule has 0 aliphatic carbocycles. The predicted octanol–water partition coefficient (Wildman–Crippen LogP) is 2.70. The third kappa shape index (κ3) is 2.98. The molecule has 0 bridgehead atoms. The molecule has 0 saturated heterocycles. The number of nitrogens with one attached hydrogen (secondary N) is 1. The molecule has 0 fully saturated rings. The Morgan fingerprint density at radius 3 is 2.92 bits per heavy atom. The maximum Gasteiger partial charge on any atom is 0.00542 e. The smallest absolute Gasteiger partial charge is 0.00542 e. The van der Waals surface area contributed by atoms with Crippen LogP contribution in [0.5, 0.6) is 0 Å². The van der Waals surface area contributed by atoms with Crippen LogP contribution in [0.4, 0.5) is 0 Å². The summed E-state index contributed by atoms with van der Waals surface area (Å²) in [6.07, 6.45) is 3.12. The van der Waals surface area contributed by atoms with Crippen LogP contribution in [0.15, 0.2) is 30.2 Å². The Hall–Kier alpha value is -0.600. The summed E-state index contributed by atoms with van der Waals surface area (Å²) in [4.78, 5) is 1.43. The summed E-state index contributed by atoms with van der Waals surface area (Å²) in [5, 5.41) is 5.33. The summed E-state index contributed by atoms with van der Waals surface area (Å²) < 4.78 is 0. The summed E-state index contributed by atoms with van der Waals surface area (Å²) in [6, 6.07) is 4.28. The average Bonchev–Trinajstić information content (AvgIpc) is 2.57. The number of hydrogen-bond donors (Lipinski definition) is 1. The highest BCUT2D eigenvalue weighted by Gasteiger charge is 2.19. The monoisotopic (exact) mass is 195 g/mol. The van der Waals surface area contributed by atoms with Crippen molar-refractivity contribution in [2.24, 2.45) is 5.41 Å². The Morgan fingerprint density at radius 2 is 2.46 bits per heavy atom. The molecule has 1 unspecified atom stereocenters. The first-order valence-corrected chi connectivity index (χ1v) is 5.39. The van der Waals surface area contributed by atoms with E-state index in [0.717, 1.165) is 13.0 Å². The van der Waals surface area contributed by atoms with Gasteiger partial charge in [0.1, 0.15) is 0 Å². The van der Waals surface area contributed by atoms with Crippen LogP contribution in [-0.4, -0.2) is 13.6 Å². The molecule has 0 saturated carbocycles. The van der Waals surface area contributed by atoms with Gasteiger partial charge in [0.05, 0.1) is 0 Å². The molecule has 1 aromatic rings. The zero-order valence-corrected chi connectivity index (χ0v) is 9.16. The van der Waals surface area contributed by atoms with Crippen LogP contribution in [-0.2, 0) is 6.42 Å². The Bertz CT molecular complexity index is 253. The van der Waals surface area contributed by atoms with Gasteiger partial charge >= 0.3 is 0 Å². The van der Waals surface area contributed by atoms with Gasteiger partial charge in [0.15, 0.2) is 0 Å². The van der Waals surface area contributed by atoms with Crippen LogP contribution < -0.4 is 5.32 Å². The minimum absolute atomic E-state index is 0.180. The van der Waals surface area contributed by atoms with Crippen LogP contribution in [0.25, 0.3) is 0 Å². The van der Waals surface area contributed by atoms with Gasteiger partial charge in [-0.3, -0.25) is 0 Å². The highest BCUT2D eigenvalue weighted by molar-refractivity contribution is 7.09. The fourth-order valence-corrected chi connectivity index (χ4v) is 2.32. The van der Waals surface area contributed by atoms with E-state index < -0.39 is 0 Å². The van der Waals surface area contributed by atoms with Gasteiger partial charge in [0.25, 0.3) is 0 Å². The van der Waals surface area contributed by atoms with E-state index in [1.54, 1.807) is 0 Å². The van der Waals surface area contributed by atoms with Gasteiger partial charge in [0.2, 0.25) is 0 Å². The van der Waals surface area contributed by atoms with E-state index in [2.05, 4.69) is 36.3 Å². The average molecular weight is 195 g/mol. The molecule has 1 atom stereocenters. The van der Waals surface area contributed by atoms with E-state index >= 15 is 0 Å². The summed E-state index contributed by atoms with van der Waals surface area (Å²) in [7, 11) is 1.98. The number of rotatable bonds is 5. The van der Waals surface area contributed by atoms with E-state index in [4.69, 9.17) is 0 Å². The Balaban J connectivity index is 2.63. The zero-order valence-electron chi connectivity index (χ0n) is 8.34. The first-order chi connectivity index (χ1) is 6.20. The van der Waals surface area contributed by atoms with Gasteiger partial charge in [-0.2, -0.15) is 0 Å². The third-order valence-electron chi connectivity index (χ3n) is 2.23. The molecule has 2 heteroatoms. The molecule has 1 N–H and O–H groups in total. The lowest BCUT2D eigenvalue weighted by Gasteiger charge is -2.24. The molecular formula is C11H17NS. The Labute approximate surface area is 84.5 Å². The van der Waals surface area contributed by atoms with Crippen LogP contribution >= 0.6 is 11.3 Å². The van der Waals surface area contributed by atoms with Crippen molar-refractivity contribution in [2.75, 3.05) is 13.6 Å². The third-order valence-corrected chi connectivity index (χ3v) is 3.11. The van der Waals surface area contributed by atoms with E-state index in [-0.39, 0.29) is 5.41 Å². The molecule has 0 aliphatic rings. The molecule has 0 spiro atoms. The number of hydrogen-bond acceptors (Lipinski definition) is 2. The fourth-order valence-electron chi connectivity index (χ4n) is 1.42. The molecule has 1 nitrogen and oxygen atoms in total. The lowest BCUT2D eigenvalue weighted by atomic mass is 9.86. The topological polar surface area (TPSA) is 12.0 Å². The Morgan fingerprint density at radius 1 is 1.69 bits per heavy atom. The largest absolute Gasteiger partial charge is 0.319 e. The molecule has 1 aromatic heterocycles. The van der Waals surface area contributed by atoms with Crippen molar-refractivity contribution in [1.82, 2.24) is 5.32 Å². The van der Waals surface area contributed by atoms with Crippen molar-refractivity contribution in [3.63, 3.8) is 0 Å². The summed E-state index contributed by atoms with van der Waals surface area (Å²) >= 11 is 1.82. The maximum atomic E-state index is 3.90. The van der Waals surface area contributed by atoms with Gasteiger partial charge in [-0.1, -0.05) is 19.1 Å². The normalized spacial score (nSPS) is 15.2. The summed E-state index contributed by atoms with van der Waals surface area (Å²) in [5.41, 5.74) is 0.180. The minimum atomic E-state index is 0.180. The molecule has 0 amide bonds. The van der Waals surface area contributed by atoms with Gasteiger partial charge in [-0.25, -0.2) is 0 Å². The Kier molecular flexibility index (Phi) is 3.70. The second kappa shape index (κ2) is 4.58. The molecule has 1 rings (SSSR count). The molecule has 0 radical (unpaired) electrons. The van der Waals surface area contributed by atoms with Crippen LogP contribution in [0, 0.1) is 5.41 Å². The quantitative estimate of drug-likeness (QED) is 0.712. The molecule has 72 valence electrons. The molecule has 13 heavy (non-hydrogen) atoms. The lowest BCUT2D eigenvalue weighted by molar-refractivity contribution is 0.409. The lowest BCUT2D eigenvalue weighted by Crippen LogP contribution is -2.29. The van der Waals surface area contributed by atoms with E-state index in [9.17, 15) is 0 Å². The van der Waals surface area contributed by atoms with Gasteiger partial charge < -0.3 is 5.32 Å². The number of thiophene rings is 1. The molecular weight excluding hydrogens is 178 g/mol. The predicted molar refractivity (Wildman–Crippen MR) is 60.3 cm³/mol. The molecule has 0 aliphatic heterocycles. The van der Waals surface area contributed by atoms with Gasteiger partial charge in [0, 0.05) is 16.8 Å². The first kappa shape index (κ1) is 10.5. The second-order valence-corrected chi connectivity index (χ2v) is 4.68. The van der Waals surface area contributed by atoms with Crippen molar-refractivity contribution >= 4 is 11.3 Å². The zero-order chi connectivity index (χ0) is 9.73. The van der Waals surface area contributed by atoms with Gasteiger partial charge in [-0.15, -0.1) is 17.9 Å². The molecule has 0 aromatic carbocycles. The SMILES string of the molecule is C=CC(C)(CNC)Cc1cccs1. The first-order valence-electron chi connectivity index (χ1n) is 4.51. The van der Waals surface area contributed by atoms with Crippen molar-refractivity contribution in [1.29, 1.82) is 0 Å². The van der Waals surface area contributed by atoms with Crippen molar-refractivity contribution in [3.05, 3.63) is 35.0 Å². The second-order valence-electron chi connectivity index (χ2n) is 3.64. The fraction of sp³-hybridized carbons (Fsp3) is 0.455. The van der Waals surface area contributed by atoms with Crippen LogP contribution in [0.3, 0.4) is 0 Å². The van der Waals surface area contributed by atoms with Crippen LogP contribution in [0.2, 0.25) is 0 Å². The van der Waals surface area contributed by atoms with Crippen LogP contribution in [0.1, 0.15) is 11.8 Å². The minimum Gasteiger partial charge on any atom is -0.319 e. The molecule has 1 heterocycles. The van der Waals surface area contributed by atoms with Crippen molar-refractivity contribution in [2.45, 2.75) is 13.3 Å². The van der Waals surface area contributed by atoms with E-state index in [1.165, 1.54) is 4.88 Å². The highest BCUT2D eigenvalue weighted by atomic mass is 32.1. The van der Waals surface area contributed by atoms with E-state index in [0.29, 0.717) is 0 Å². The summed E-state index contributed by atoms with van der Waals surface area (Å²) in [5.74, 6) is 0. The van der Waals surface area contributed by atoms with Crippen molar-refractivity contribution < 1.29 is 0 Å². The standard InChI is InChI=1S/C11H17NS/c1-4-11(2,9-12-3)8-10-6-5-7-13-10/h4-7,12H,1,8-9H2,2-3H3. The maximum absolute atomic E-state index is 3.90. The van der Waals surface area contributed by atoms with Gasteiger partial charge in [-0.05, 0) is 24.9 Å². The van der Waals surface area contributed by atoms with E-state index in [1.807, 2.05) is 24.5 Å². The highest BCUT2D eigenvalue weighted by Crippen LogP contribution is 2.25. The van der Waals surface area contributed by atoms with Crippen molar-refractivity contribution in [3.8, 4) is 0 Å².